The minimum Gasteiger partial charge on any atom is -0.501 e. The highest BCUT2D eigenvalue weighted by Crippen LogP contribution is 2.13. The van der Waals surface area contributed by atoms with Gasteiger partial charge in [0.1, 0.15) is 6.10 Å². The molecule has 1 aliphatic heterocycles. The zero-order valence-corrected chi connectivity index (χ0v) is 7.87. The Morgan fingerprint density at radius 2 is 2.17 bits per heavy atom. The number of hydrogen-bond acceptors (Lipinski definition) is 3. The van der Waals surface area contributed by atoms with E-state index in [1.807, 2.05) is 26.8 Å². The molecule has 1 heterocycles. The van der Waals surface area contributed by atoms with Gasteiger partial charge in [-0.3, -0.25) is 0 Å². The zero-order chi connectivity index (χ0) is 9.03. The summed E-state index contributed by atoms with van der Waals surface area (Å²) >= 11 is 0. The summed E-state index contributed by atoms with van der Waals surface area (Å²) in [6.45, 7) is 6.57. The van der Waals surface area contributed by atoms with Gasteiger partial charge in [-0.2, -0.15) is 0 Å². The third-order valence-corrected chi connectivity index (χ3v) is 1.33. The lowest BCUT2D eigenvalue weighted by atomic mass is 10.2. The summed E-state index contributed by atoms with van der Waals surface area (Å²) in [4.78, 5) is 10.3. The molecule has 0 aromatic heterocycles. The highest BCUT2D eigenvalue weighted by Gasteiger charge is 2.16. The van der Waals surface area contributed by atoms with Crippen LogP contribution in [0.25, 0.3) is 0 Å². The average Bonchev–Trinajstić information content (AvgIpc) is 2.02. The molecule has 1 aliphatic rings. The van der Waals surface area contributed by atoms with Gasteiger partial charge in [-0.1, -0.05) is 0 Å². The maximum Gasteiger partial charge on any atom is 0.118 e. The van der Waals surface area contributed by atoms with E-state index in [-0.39, 0.29) is 11.7 Å². The van der Waals surface area contributed by atoms with E-state index < -0.39 is 0 Å². The summed E-state index contributed by atoms with van der Waals surface area (Å²) in [5, 5.41) is 0. The summed E-state index contributed by atoms with van der Waals surface area (Å²) in [5.74, 6) is 0. The van der Waals surface area contributed by atoms with Gasteiger partial charge in [-0.15, -0.1) is 0 Å². The second-order valence-electron chi connectivity index (χ2n) is 3.82. The second-order valence-corrected chi connectivity index (χ2v) is 3.82. The second kappa shape index (κ2) is 3.92. The smallest absolute Gasteiger partial charge is 0.118 e. The van der Waals surface area contributed by atoms with Gasteiger partial charge >= 0.3 is 0 Å². The van der Waals surface area contributed by atoms with Crippen LogP contribution >= 0.6 is 0 Å². The number of rotatable bonds is 2. The quantitative estimate of drug-likeness (QED) is 0.471. The number of hydrogen-bond donors (Lipinski definition) is 0. The molecule has 0 aromatic rings. The third-order valence-electron chi connectivity index (χ3n) is 1.33. The Morgan fingerprint density at radius 1 is 1.42 bits per heavy atom. The lowest BCUT2D eigenvalue weighted by Crippen LogP contribution is -2.25. The Bertz CT molecular complexity index is 158. The van der Waals surface area contributed by atoms with Crippen LogP contribution in [0, 0.1) is 0 Å². The molecule has 12 heavy (non-hydrogen) atoms. The van der Waals surface area contributed by atoms with Crippen LogP contribution in [-0.2, 0) is 14.5 Å². The van der Waals surface area contributed by atoms with Gasteiger partial charge < -0.3 is 4.74 Å². The summed E-state index contributed by atoms with van der Waals surface area (Å²) in [6, 6.07) is 0. The standard InChI is InChI=1S/C9H16O3/c1-9(2,3)12-11-8-4-6-10-7-5-8/h4,6,8H,5,7H2,1-3H3. The molecule has 1 atom stereocenters. The van der Waals surface area contributed by atoms with Crippen LogP contribution in [-0.4, -0.2) is 18.3 Å². The van der Waals surface area contributed by atoms with Crippen molar-refractivity contribution in [1.29, 1.82) is 0 Å². The van der Waals surface area contributed by atoms with E-state index in [1.165, 1.54) is 0 Å². The SMILES string of the molecule is CC(C)(C)OOC1C=COCC1. The summed E-state index contributed by atoms with van der Waals surface area (Å²) in [6.07, 6.45) is 4.40. The van der Waals surface area contributed by atoms with E-state index in [4.69, 9.17) is 14.5 Å². The molecule has 3 heteroatoms. The van der Waals surface area contributed by atoms with E-state index in [0.29, 0.717) is 6.61 Å². The fraction of sp³-hybridized carbons (Fsp3) is 0.778. The Balaban J connectivity index is 2.22. The first-order valence-electron chi connectivity index (χ1n) is 4.21. The first-order valence-corrected chi connectivity index (χ1v) is 4.21. The largest absolute Gasteiger partial charge is 0.501 e. The lowest BCUT2D eigenvalue weighted by molar-refractivity contribution is -0.366. The van der Waals surface area contributed by atoms with E-state index in [9.17, 15) is 0 Å². The van der Waals surface area contributed by atoms with Crippen LogP contribution in [0.1, 0.15) is 27.2 Å². The van der Waals surface area contributed by atoms with Crippen molar-refractivity contribution in [3.63, 3.8) is 0 Å². The van der Waals surface area contributed by atoms with Crippen molar-refractivity contribution in [2.24, 2.45) is 0 Å². The predicted octanol–water partition coefficient (Wildman–Crippen LogP) is 2.04. The topological polar surface area (TPSA) is 27.7 Å². The van der Waals surface area contributed by atoms with Gasteiger partial charge in [-0.25, -0.2) is 9.78 Å². The van der Waals surface area contributed by atoms with Crippen molar-refractivity contribution in [2.75, 3.05) is 6.61 Å². The van der Waals surface area contributed by atoms with Gasteiger partial charge in [0.2, 0.25) is 0 Å². The molecule has 0 bridgehead atoms. The van der Waals surface area contributed by atoms with Crippen LogP contribution in [0.3, 0.4) is 0 Å². The molecule has 1 rings (SSSR count). The Hall–Kier alpha value is -0.540. The molecule has 70 valence electrons. The molecule has 0 saturated carbocycles. The maximum atomic E-state index is 5.18. The van der Waals surface area contributed by atoms with Crippen LogP contribution in [0.5, 0.6) is 0 Å². The highest BCUT2D eigenvalue weighted by atomic mass is 17.2. The molecule has 1 unspecified atom stereocenters. The molecular formula is C9H16O3. The molecule has 0 radical (unpaired) electrons. The van der Waals surface area contributed by atoms with Crippen molar-refractivity contribution in [3.8, 4) is 0 Å². The van der Waals surface area contributed by atoms with Gasteiger partial charge in [0, 0.05) is 6.42 Å². The minimum absolute atomic E-state index is 0.0398. The maximum absolute atomic E-state index is 5.18. The van der Waals surface area contributed by atoms with Crippen molar-refractivity contribution in [3.05, 3.63) is 12.3 Å². The fourth-order valence-electron chi connectivity index (χ4n) is 0.778. The van der Waals surface area contributed by atoms with Crippen LogP contribution < -0.4 is 0 Å². The van der Waals surface area contributed by atoms with E-state index in [2.05, 4.69) is 0 Å². The third kappa shape index (κ3) is 3.74. The Kier molecular flexibility index (Phi) is 3.12. The van der Waals surface area contributed by atoms with Crippen molar-refractivity contribution >= 4 is 0 Å². The minimum atomic E-state index is -0.244. The first kappa shape index (κ1) is 9.55. The molecule has 0 fully saturated rings. The van der Waals surface area contributed by atoms with Gasteiger partial charge in [0.25, 0.3) is 0 Å². The van der Waals surface area contributed by atoms with Crippen molar-refractivity contribution < 1.29 is 14.5 Å². The molecule has 0 saturated heterocycles. The molecule has 0 amide bonds. The molecule has 0 aliphatic carbocycles. The molecule has 3 nitrogen and oxygen atoms in total. The lowest BCUT2D eigenvalue weighted by Gasteiger charge is -2.22. The van der Waals surface area contributed by atoms with Gasteiger partial charge in [0.05, 0.1) is 18.5 Å². The summed E-state index contributed by atoms with van der Waals surface area (Å²) in [5.41, 5.74) is -0.244. The summed E-state index contributed by atoms with van der Waals surface area (Å²) < 4.78 is 5.02. The average molecular weight is 172 g/mol. The summed E-state index contributed by atoms with van der Waals surface area (Å²) in [7, 11) is 0. The molecule has 0 N–H and O–H groups in total. The van der Waals surface area contributed by atoms with E-state index >= 15 is 0 Å². The monoisotopic (exact) mass is 172 g/mol. The van der Waals surface area contributed by atoms with Gasteiger partial charge in [0.15, 0.2) is 0 Å². The highest BCUT2D eigenvalue weighted by molar-refractivity contribution is 4.87. The van der Waals surface area contributed by atoms with E-state index in [0.717, 1.165) is 6.42 Å². The fourth-order valence-corrected chi connectivity index (χ4v) is 0.778. The van der Waals surface area contributed by atoms with Crippen LogP contribution in [0.15, 0.2) is 12.3 Å². The van der Waals surface area contributed by atoms with Crippen molar-refractivity contribution in [2.45, 2.75) is 38.9 Å². The normalized spacial score (nSPS) is 23.8. The first-order chi connectivity index (χ1) is 5.58. The van der Waals surface area contributed by atoms with Crippen LogP contribution in [0.2, 0.25) is 0 Å². The van der Waals surface area contributed by atoms with E-state index in [1.54, 1.807) is 6.26 Å². The molecule has 0 aromatic carbocycles. The molecule has 0 spiro atoms. The zero-order valence-electron chi connectivity index (χ0n) is 7.87. The Labute approximate surface area is 73.2 Å². The predicted molar refractivity (Wildman–Crippen MR) is 45.4 cm³/mol. The van der Waals surface area contributed by atoms with Crippen LogP contribution in [0.4, 0.5) is 0 Å². The van der Waals surface area contributed by atoms with Gasteiger partial charge in [-0.05, 0) is 26.8 Å². The molecular weight excluding hydrogens is 156 g/mol. The number of ether oxygens (including phenoxy) is 1. The van der Waals surface area contributed by atoms with Crippen molar-refractivity contribution in [1.82, 2.24) is 0 Å². The Morgan fingerprint density at radius 3 is 2.67 bits per heavy atom.